The molecule has 3 aromatic heterocycles. The van der Waals surface area contributed by atoms with Gasteiger partial charge in [-0.15, -0.1) is 0 Å². The van der Waals surface area contributed by atoms with Crippen molar-refractivity contribution in [1.29, 1.82) is 0 Å². The quantitative estimate of drug-likeness (QED) is 0.134. The fourth-order valence-corrected chi connectivity index (χ4v) is 12.2. The maximum atomic E-state index is 5.97. The molecule has 2 aliphatic heterocycles. The second-order valence-corrected chi connectivity index (χ2v) is 23.0. The Bertz CT molecular complexity index is 4230. The molecule has 0 saturated carbocycles. The van der Waals surface area contributed by atoms with E-state index < -0.39 is 0 Å². The zero-order chi connectivity index (χ0) is 55.1. The zero-order valence-electron chi connectivity index (χ0n) is 47.3. The van der Waals surface area contributed by atoms with Gasteiger partial charge in [-0.3, -0.25) is 0 Å². The zero-order valence-corrected chi connectivity index (χ0v) is 47.3. The molecule has 80 heavy (non-hydrogen) atoms. The van der Waals surface area contributed by atoms with Crippen LogP contribution in [0.25, 0.3) is 134 Å². The van der Waals surface area contributed by atoms with Gasteiger partial charge in [0.15, 0.2) is 0 Å². The lowest BCUT2D eigenvalue weighted by Crippen LogP contribution is -1.92. The fraction of sp³-hybridized carbons (Fsp3) is 0.189. The van der Waals surface area contributed by atoms with Crippen molar-refractivity contribution in [3.8, 4) is 56.0 Å². The summed E-state index contributed by atoms with van der Waals surface area (Å²) in [6.07, 6.45) is 8.84. The Kier molecular flexibility index (Phi) is 12.6. The van der Waals surface area contributed by atoms with Crippen LogP contribution in [-0.2, 0) is 0 Å². The van der Waals surface area contributed by atoms with Gasteiger partial charge in [-0.25, -0.2) is 9.97 Å². The van der Waals surface area contributed by atoms with Crippen LogP contribution < -0.4 is 9.47 Å². The predicted octanol–water partition coefficient (Wildman–Crippen LogP) is 20.4. The van der Waals surface area contributed by atoms with Crippen molar-refractivity contribution in [1.82, 2.24) is 19.9 Å². The average Bonchev–Trinajstić information content (AvgIpc) is 4.04. The monoisotopic (exact) mass is 1040 g/mol. The smallest absolute Gasteiger partial charge is 0.119 e. The van der Waals surface area contributed by atoms with Crippen LogP contribution in [0.1, 0.15) is 124 Å². The average molecular weight is 1040 g/mol. The van der Waals surface area contributed by atoms with E-state index in [4.69, 9.17) is 19.4 Å². The van der Waals surface area contributed by atoms with Crippen molar-refractivity contribution in [2.24, 2.45) is 0 Å². The molecule has 8 aromatic carbocycles. The second-order valence-electron chi connectivity index (χ2n) is 23.0. The molecule has 6 nitrogen and oxygen atoms in total. The van der Waals surface area contributed by atoms with Gasteiger partial charge in [0.1, 0.15) is 11.5 Å². The van der Waals surface area contributed by atoms with E-state index in [1.165, 1.54) is 22.3 Å². The number of H-pyrrole nitrogens is 2. The lowest BCUT2D eigenvalue weighted by Gasteiger charge is -2.14. The first-order chi connectivity index (χ1) is 38.8. The van der Waals surface area contributed by atoms with E-state index in [-0.39, 0.29) is 0 Å². The minimum atomic E-state index is 0.362. The molecular formula is C74H66N4O2. The van der Waals surface area contributed by atoms with E-state index in [2.05, 4.69) is 247 Å². The van der Waals surface area contributed by atoms with Crippen molar-refractivity contribution < 1.29 is 9.47 Å². The Labute approximate surface area is 468 Å². The first-order valence-electron chi connectivity index (χ1n) is 28.3. The van der Waals surface area contributed by atoms with Gasteiger partial charge in [0.25, 0.3) is 0 Å². The minimum absolute atomic E-state index is 0.362. The van der Waals surface area contributed by atoms with Gasteiger partial charge in [-0.1, -0.05) is 165 Å². The lowest BCUT2D eigenvalue weighted by atomic mass is 9.91. The molecule has 0 aliphatic carbocycles. The summed E-state index contributed by atoms with van der Waals surface area (Å²) in [5, 5.41) is 8.85. The molecule has 0 fully saturated rings. The molecule has 0 radical (unpaired) electrons. The maximum absolute atomic E-state index is 5.97. The van der Waals surface area contributed by atoms with Crippen LogP contribution in [0, 0.1) is 0 Å². The molecule has 5 heterocycles. The van der Waals surface area contributed by atoms with Gasteiger partial charge in [-0.05, 0) is 173 Å². The van der Waals surface area contributed by atoms with Crippen LogP contribution >= 0.6 is 0 Å². The van der Waals surface area contributed by atoms with E-state index in [1.54, 1.807) is 14.2 Å². The molecule has 394 valence electrons. The van der Waals surface area contributed by atoms with E-state index in [0.717, 1.165) is 144 Å². The van der Waals surface area contributed by atoms with E-state index in [9.17, 15) is 0 Å². The van der Waals surface area contributed by atoms with Gasteiger partial charge < -0.3 is 19.4 Å². The highest BCUT2D eigenvalue weighted by Crippen LogP contribution is 2.47. The summed E-state index contributed by atoms with van der Waals surface area (Å²) in [6.45, 7) is 18.0. The lowest BCUT2D eigenvalue weighted by molar-refractivity contribution is 0.415. The fourth-order valence-electron chi connectivity index (χ4n) is 12.2. The number of nitrogens with zero attached hydrogens (tertiary/aromatic N) is 2. The van der Waals surface area contributed by atoms with Crippen molar-refractivity contribution >= 4 is 89.5 Å². The third-order valence-corrected chi connectivity index (χ3v) is 16.8. The predicted molar refractivity (Wildman–Crippen MR) is 340 cm³/mol. The van der Waals surface area contributed by atoms with E-state index in [0.29, 0.717) is 23.7 Å². The first-order valence-corrected chi connectivity index (χ1v) is 28.3. The van der Waals surface area contributed by atoms with Gasteiger partial charge in [0.2, 0.25) is 0 Å². The number of benzene rings is 8. The molecule has 0 spiro atoms. The number of hydrogen-bond acceptors (Lipinski definition) is 4. The van der Waals surface area contributed by atoms with Crippen LogP contribution in [-0.4, -0.2) is 34.2 Å². The van der Waals surface area contributed by atoms with Crippen LogP contribution in [0.2, 0.25) is 0 Å². The molecule has 2 N–H and O–H groups in total. The summed E-state index contributed by atoms with van der Waals surface area (Å²) in [6, 6.07) is 58.4. The molecule has 6 heteroatoms. The Hall–Kier alpha value is -9.00. The second kappa shape index (κ2) is 20.0. The number of nitrogens with one attached hydrogen (secondary N) is 2. The van der Waals surface area contributed by atoms with Crippen LogP contribution in [0.4, 0.5) is 0 Å². The van der Waals surface area contributed by atoms with E-state index >= 15 is 0 Å². The molecular weight excluding hydrogens is 977 g/mol. The van der Waals surface area contributed by atoms with Crippen LogP contribution in [0.15, 0.2) is 158 Å². The van der Waals surface area contributed by atoms with Crippen LogP contribution in [0.3, 0.4) is 0 Å². The van der Waals surface area contributed by atoms with Crippen molar-refractivity contribution in [2.75, 3.05) is 14.2 Å². The summed E-state index contributed by atoms with van der Waals surface area (Å²) >= 11 is 0. The number of aromatic amines is 2. The number of fused-ring (bicyclic) bond motifs is 17. The van der Waals surface area contributed by atoms with Gasteiger partial charge >= 0.3 is 0 Å². The molecule has 13 rings (SSSR count). The molecule has 2 aliphatic rings. The highest BCUT2D eigenvalue weighted by Gasteiger charge is 2.24. The van der Waals surface area contributed by atoms with Gasteiger partial charge in [0.05, 0.1) is 48.0 Å². The SMILES string of the molecule is COc1ccc2c3ccc(OC)cc3c3cc4c5[nH]c(c(-c6ccc(C(C)C)cc6)c6nc(c(-c7ccc(C(C)C)cc7)c7ccc([nH]7)c(-c7ccc(C(C)C)cc7)c7nc(c5-c5ccc(C(C)C)cc5)C=C7)C=C6)c4cc3c2c1. The standard InChI is InChI=1S/C74H66N4O2/c1-41(2)45-11-19-49(20-12-45)69-63-31-32-64(75-63)70(50-21-13-46(14-22-50)42(3)4)66-34-36-68(77-66)72(52-25-17-48(18-26-52)44(7)8)74-62-40-60-58-38-54(80-10)28-30-56(58)55-29-27-53(79-9)37-57(55)59(60)39-61(62)73(78-74)71(67-35-33-65(69)76-67)51-23-15-47(16-24-51)43(5)6/h11-44,75,78H,1-10H3. The highest BCUT2D eigenvalue weighted by molar-refractivity contribution is 6.30. The Morgan fingerprint density at radius 2 is 0.600 bits per heavy atom. The molecule has 0 amide bonds. The molecule has 11 aromatic rings. The van der Waals surface area contributed by atoms with Crippen LogP contribution in [0.5, 0.6) is 11.5 Å². The highest BCUT2D eigenvalue weighted by atomic mass is 16.5. The summed E-state index contributed by atoms with van der Waals surface area (Å²) in [5.41, 5.74) is 20.9. The number of methoxy groups -OCH3 is 2. The molecule has 0 saturated heterocycles. The van der Waals surface area contributed by atoms with Crippen molar-refractivity contribution in [2.45, 2.75) is 79.1 Å². The summed E-state index contributed by atoms with van der Waals surface area (Å²) in [4.78, 5) is 19.8. The maximum Gasteiger partial charge on any atom is 0.119 e. The number of hydrogen-bond donors (Lipinski definition) is 2. The molecule has 0 atom stereocenters. The third kappa shape index (κ3) is 8.65. The summed E-state index contributed by atoms with van der Waals surface area (Å²) in [5.74, 6) is 3.11. The Balaban J connectivity index is 1.28. The third-order valence-electron chi connectivity index (χ3n) is 16.8. The minimum Gasteiger partial charge on any atom is -0.497 e. The van der Waals surface area contributed by atoms with E-state index in [1.807, 2.05) is 0 Å². The summed E-state index contributed by atoms with van der Waals surface area (Å²) < 4.78 is 11.9. The number of ether oxygens (including phenoxy) is 2. The summed E-state index contributed by atoms with van der Waals surface area (Å²) in [7, 11) is 3.49. The molecule has 0 unspecified atom stereocenters. The number of aromatic nitrogens is 4. The topological polar surface area (TPSA) is 75.8 Å². The normalized spacial score (nSPS) is 12.5. The van der Waals surface area contributed by atoms with Gasteiger partial charge in [-0.2, -0.15) is 0 Å². The Morgan fingerprint density at radius 1 is 0.300 bits per heavy atom. The first kappa shape index (κ1) is 50.5. The molecule has 8 bridgehead atoms. The largest absolute Gasteiger partial charge is 0.497 e. The Morgan fingerprint density at radius 3 is 0.912 bits per heavy atom. The van der Waals surface area contributed by atoms with Crippen molar-refractivity contribution in [3.63, 3.8) is 0 Å². The van der Waals surface area contributed by atoms with Crippen molar-refractivity contribution in [3.05, 3.63) is 203 Å². The number of rotatable bonds is 10. The van der Waals surface area contributed by atoms with Gasteiger partial charge in [0, 0.05) is 44.1 Å².